The van der Waals surface area contributed by atoms with Gasteiger partial charge in [0.05, 0.1) is 6.54 Å². The smallest absolute Gasteiger partial charge is 0.227 e. The number of hydrogen-bond acceptors (Lipinski definition) is 3. The first kappa shape index (κ1) is 14.9. The number of nitrogens with two attached hydrogens (primary N) is 1. The fourth-order valence-corrected chi connectivity index (χ4v) is 1.37. The van der Waals surface area contributed by atoms with Crippen LogP contribution in [0, 0.1) is 6.92 Å². The van der Waals surface area contributed by atoms with Gasteiger partial charge >= 0.3 is 0 Å². The molecule has 1 heterocycles. The van der Waals surface area contributed by atoms with E-state index in [-0.39, 0.29) is 18.4 Å². The molecule has 1 rings (SSSR count). The number of nitrogens with one attached hydrogen (secondary N) is 2. The van der Waals surface area contributed by atoms with Crippen molar-refractivity contribution >= 4 is 17.7 Å². The van der Waals surface area contributed by atoms with E-state index in [9.17, 15) is 4.79 Å². The molecule has 0 aliphatic heterocycles. The molecule has 4 N–H and O–H groups in total. The Labute approximate surface area is 113 Å². The average molecular weight is 263 g/mol. The molecule has 6 heteroatoms. The van der Waals surface area contributed by atoms with Crippen molar-refractivity contribution < 1.29 is 4.79 Å². The highest BCUT2D eigenvalue weighted by Gasteiger charge is 2.02. The van der Waals surface area contributed by atoms with Gasteiger partial charge in [0.25, 0.3) is 0 Å². The molecule has 0 saturated carbocycles. The number of rotatable bonds is 5. The van der Waals surface area contributed by atoms with Gasteiger partial charge in [-0.15, -0.1) is 0 Å². The molecule has 0 radical (unpaired) electrons. The van der Waals surface area contributed by atoms with Crippen molar-refractivity contribution in [2.45, 2.75) is 33.2 Å². The third-order valence-corrected chi connectivity index (χ3v) is 2.24. The van der Waals surface area contributed by atoms with Gasteiger partial charge in [0.15, 0.2) is 5.96 Å². The first-order valence-electron chi connectivity index (χ1n) is 6.26. The molecule has 0 unspecified atom stereocenters. The van der Waals surface area contributed by atoms with E-state index in [4.69, 9.17) is 5.73 Å². The van der Waals surface area contributed by atoms with Crippen molar-refractivity contribution in [2.24, 2.45) is 10.7 Å². The second-order valence-electron chi connectivity index (χ2n) is 4.58. The Kier molecular flexibility index (Phi) is 5.78. The van der Waals surface area contributed by atoms with E-state index in [1.165, 1.54) is 0 Å². The van der Waals surface area contributed by atoms with E-state index in [0.717, 1.165) is 5.56 Å². The Balaban J connectivity index is 2.34. The topological polar surface area (TPSA) is 92.4 Å². The molecule has 0 aliphatic rings. The van der Waals surface area contributed by atoms with Crippen LogP contribution in [-0.4, -0.2) is 29.4 Å². The van der Waals surface area contributed by atoms with Crippen LogP contribution in [0.1, 0.15) is 25.8 Å². The number of carbonyl (C=O) groups excluding carboxylic acids is 1. The van der Waals surface area contributed by atoms with Crippen molar-refractivity contribution in [3.63, 3.8) is 0 Å². The maximum Gasteiger partial charge on any atom is 0.227 e. The highest BCUT2D eigenvalue weighted by Crippen LogP contribution is 2.04. The number of amides is 1. The maximum absolute atomic E-state index is 11.6. The monoisotopic (exact) mass is 263 g/mol. The predicted octanol–water partition coefficient (Wildman–Crippen LogP) is 1.03. The predicted molar refractivity (Wildman–Crippen MR) is 77.0 cm³/mol. The van der Waals surface area contributed by atoms with Crippen molar-refractivity contribution in [3.8, 4) is 0 Å². The highest BCUT2D eigenvalue weighted by atomic mass is 16.1. The zero-order chi connectivity index (χ0) is 14.3. The SMILES string of the molecule is Cc1ccc(NC(=O)CCN=C(N)NC(C)C)nc1. The van der Waals surface area contributed by atoms with Gasteiger partial charge in [0.1, 0.15) is 5.82 Å². The number of nitrogens with zero attached hydrogens (tertiary/aromatic N) is 2. The van der Waals surface area contributed by atoms with Gasteiger partial charge in [-0.25, -0.2) is 4.98 Å². The van der Waals surface area contributed by atoms with Crippen LogP contribution in [-0.2, 0) is 4.79 Å². The lowest BCUT2D eigenvalue weighted by Crippen LogP contribution is -2.36. The van der Waals surface area contributed by atoms with Gasteiger partial charge < -0.3 is 16.4 Å². The minimum absolute atomic E-state index is 0.127. The lowest BCUT2D eigenvalue weighted by atomic mass is 10.3. The largest absolute Gasteiger partial charge is 0.370 e. The Bertz CT molecular complexity index is 439. The second-order valence-corrected chi connectivity index (χ2v) is 4.58. The maximum atomic E-state index is 11.6. The third kappa shape index (κ3) is 6.40. The summed E-state index contributed by atoms with van der Waals surface area (Å²) in [7, 11) is 0. The van der Waals surface area contributed by atoms with Crippen molar-refractivity contribution in [3.05, 3.63) is 23.9 Å². The van der Waals surface area contributed by atoms with E-state index < -0.39 is 0 Å². The molecule has 104 valence electrons. The molecule has 19 heavy (non-hydrogen) atoms. The summed E-state index contributed by atoms with van der Waals surface area (Å²) in [6.07, 6.45) is 1.98. The number of aliphatic imine (C=N–C) groups is 1. The van der Waals surface area contributed by atoms with Crippen LogP contribution < -0.4 is 16.4 Å². The molecule has 0 atom stereocenters. The summed E-state index contributed by atoms with van der Waals surface area (Å²) < 4.78 is 0. The van der Waals surface area contributed by atoms with Gasteiger partial charge in [-0.1, -0.05) is 6.07 Å². The fraction of sp³-hybridized carbons (Fsp3) is 0.462. The molecule has 0 spiro atoms. The lowest BCUT2D eigenvalue weighted by molar-refractivity contribution is -0.116. The van der Waals surface area contributed by atoms with Crippen LogP contribution in [0.5, 0.6) is 0 Å². The van der Waals surface area contributed by atoms with Crippen LogP contribution >= 0.6 is 0 Å². The molecule has 0 bridgehead atoms. The van der Waals surface area contributed by atoms with E-state index in [1.807, 2.05) is 26.8 Å². The molecule has 6 nitrogen and oxygen atoms in total. The zero-order valence-electron chi connectivity index (χ0n) is 11.6. The summed E-state index contributed by atoms with van der Waals surface area (Å²) in [5.41, 5.74) is 6.68. The summed E-state index contributed by atoms with van der Waals surface area (Å²) in [6, 6.07) is 3.89. The van der Waals surface area contributed by atoms with Crippen molar-refractivity contribution in [1.82, 2.24) is 10.3 Å². The van der Waals surface area contributed by atoms with Crippen LogP contribution in [0.25, 0.3) is 0 Å². The molecule has 0 aliphatic carbocycles. The van der Waals surface area contributed by atoms with E-state index in [1.54, 1.807) is 12.3 Å². The molecule has 1 amide bonds. The highest BCUT2D eigenvalue weighted by molar-refractivity contribution is 5.90. The number of pyridine rings is 1. The molecule has 1 aromatic rings. The fourth-order valence-electron chi connectivity index (χ4n) is 1.37. The molecule has 0 aromatic carbocycles. The minimum Gasteiger partial charge on any atom is -0.370 e. The number of aryl methyl sites for hydroxylation is 1. The first-order valence-corrected chi connectivity index (χ1v) is 6.26. The summed E-state index contributed by atoms with van der Waals surface area (Å²) in [5, 5.41) is 5.66. The molecular formula is C13H21N5O. The number of aromatic nitrogens is 1. The average Bonchev–Trinajstić information content (AvgIpc) is 2.31. The second kappa shape index (κ2) is 7.35. The minimum atomic E-state index is -0.127. The molecule has 0 saturated heterocycles. The Morgan fingerprint density at radius 3 is 2.79 bits per heavy atom. The van der Waals surface area contributed by atoms with Gasteiger partial charge in [-0.05, 0) is 32.4 Å². The third-order valence-electron chi connectivity index (χ3n) is 2.24. The summed E-state index contributed by atoms with van der Waals surface area (Å²) in [6.45, 7) is 6.23. The number of hydrogen-bond donors (Lipinski definition) is 3. The molecule has 0 fully saturated rings. The van der Waals surface area contributed by atoms with Gasteiger partial charge in [-0.2, -0.15) is 0 Å². The van der Waals surface area contributed by atoms with Crippen LogP contribution in [0.15, 0.2) is 23.3 Å². The summed E-state index contributed by atoms with van der Waals surface area (Å²) >= 11 is 0. The molecular weight excluding hydrogens is 242 g/mol. The van der Waals surface area contributed by atoms with Gasteiger partial charge in [0.2, 0.25) is 5.91 Å². The van der Waals surface area contributed by atoms with Gasteiger partial charge in [0, 0.05) is 18.7 Å². The Morgan fingerprint density at radius 2 is 2.21 bits per heavy atom. The van der Waals surface area contributed by atoms with Crippen LogP contribution in [0.2, 0.25) is 0 Å². The van der Waals surface area contributed by atoms with Crippen LogP contribution in [0.3, 0.4) is 0 Å². The lowest BCUT2D eigenvalue weighted by Gasteiger charge is -2.08. The normalized spacial score (nSPS) is 11.5. The standard InChI is InChI=1S/C13H21N5O/c1-9(2)17-13(14)15-7-6-12(19)18-11-5-4-10(3)8-16-11/h4-5,8-9H,6-7H2,1-3H3,(H3,14,15,17)(H,16,18,19). The van der Waals surface area contributed by atoms with E-state index in [0.29, 0.717) is 18.3 Å². The van der Waals surface area contributed by atoms with Crippen molar-refractivity contribution in [1.29, 1.82) is 0 Å². The first-order chi connectivity index (χ1) is 8.97. The number of guanidine groups is 1. The Morgan fingerprint density at radius 1 is 1.47 bits per heavy atom. The molecule has 1 aromatic heterocycles. The summed E-state index contributed by atoms with van der Waals surface area (Å²) in [5.74, 6) is 0.779. The van der Waals surface area contributed by atoms with E-state index in [2.05, 4.69) is 20.6 Å². The van der Waals surface area contributed by atoms with Gasteiger partial charge in [-0.3, -0.25) is 9.79 Å². The quantitative estimate of drug-likeness (QED) is 0.546. The summed E-state index contributed by atoms with van der Waals surface area (Å²) in [4.78, 5) is 19.8. The van der Waals surface area contributed by atoms with Crippen LogP contribution in [0.4, 0.5) is 5.82 Å². The number of carbonyl (C=O) groups is 1. The Hall–Kier alpha value is -2.11. The van der Waals surface area contributed by atoms with E-state index >= 15 is 0 Å². The number of anilines is 1. The van der Waals surface area contributed by atoms with Crippen molar-refractivity contribution in [2.75, 3.05) is 11.9 Å². The zero-order valence-corrected chi connectivity index (χ0v) is 11.6.